The van der Waals surface area contributed by atoms with E-state index in [0.29, 0.717) is 27.6 Å². The number of fused-ring (bicyclic) bond motifs is 2. The van der Waals surface area contributed by atoms with Gasteiger partial charge >= 0.3 is 0 Å². The summed E-state index contributed by atoms with van der Waals surface area (Å²) >= 11 is 19.9. The number of nitrogens with one attached hydrogen (secondary N) is 4. The van der Waals surface area contributed by atoms with Gasteiger partial charge in [0.15, 0.2) is 17.3 Å². The van der Waals surface area contributed by atoms with E-state index in [1.54, 1.807) is 132 Å². The monoisotopic (exact) mass is 924 g/mol. The first-order valence-electron chi connectivity index (χ1n) is 20.1. The van der Waals surface area contributed by atoms with E-state index in [1.807, 2.05) is 0 Å². The first kappa shape index (κ1) is 42.9. The molecule has 0 atom stereocenters. The van der Waals surface area contributed by atoms with E-state index in [4.69, 9.17) is 39.5 Å². The van der Waals surface area contributed by atoms with Crippen LogP contribution in [0.1, 0.15) is 31.8 Å². The maximum atomic E-state index is 14.8. The van der Waals surface area contributed by atoms with Crippen molar-refractivity contribution in [1.29, 1.82) is 0 Å². The topological polar surface area (TPSA) is 195 Å². The van der Waals surface area contributed by atoms with Gasteiger partial charge in [-0.25, -0.2) is 0 Å². The summed E-state index contributed by atoms with van der Waals surface area (Å²) in [6, 6.07) is 35.7. The highest BCUT2D eigenvalue weighted by Gasteiger charge is 2.35. The van der Waals surface area contributed by atoms with Gasteiger partial charge in [-0.1, -0.05) is 114 Å². The van der Waals surface area contributed by atoms with Crippen LogP contribution in [0.2, 0.25) is 15.1 Å². The van der Waals surface area contributed by atoms with Crippen molar-refractivity contribution in [2.24, 2.45) is 0 Å². The van der Waals surface area contributed by atoms with E-state index in [1.165, 1.54) is 0 Å². The minimum absolute atomic E-state index is 0.0888. The molecular formula is C48H35Cl3N8O6. The summed E-state index contributed by atoms with van der Waals surface area (Å²) in [6.07, 6.45) is 0. The van der Waals surface area contributed by atoms with Crippen molar-refractivity contribution in [3.8, 4) is 22.6 Å². The Bertz CT molecular complexity index is 3220. The molecule has 17 heteroatoms. The zero-order chi connectivity index (χ0) is 45.2. The summed E-state index contributed by atoms with van der Waals surface area (Å²) in [6.45, 7) is -0.207. The Morgan fingerprint density at radius 2 is 1.28 bits per heavy atom. The summed E-state index contributed by atoms with van der Waals surface area (Å²) in [5.41, 5.74) is 2.29. The molecule has 0 saturated heterocycles. The number of carbonyl (C=O) groups excluding carboxylic acids is 2. The van der Waals surface area contributed by atoms with Crippen LogP contribution < -0.4 is 31.1 Å². The number of ketones is 2. The van der Waals surface area contributed by atoms with Gasteiger partial charge in [0.2, 0.25) is 17.8 Å². The third-order valence-corrected chi connectivity index (χ3v) is 11.5. The smallest absolute Gasteiger partial charge is 0.260 e. The minimum Gasteiger partial charge on any atom is -0.454 e. The zero-order valence-corrected chi connectivity index (χ0v) is 36.2. The van der Waals surface area contributed by atoms with Crippen LogP contribution in [0.5, 0.6) is 11.5 Å². The van der Waals surface area contributed by atoms with Gasteiger partial charge in [-0.05, 0) is 48.0 Å². The number of hydrogen-bond donors (Lipinski definition) is 6. The molecular weight excluding hydrogens is 891 g/mol. The second-order valence-corrected chi connectivity index (χ2v) is 15.8. The molecule has 0 amide bonds. The van der Waals surface area contributed by atoms with Crippen molar-refractivity contribution in [2.45, 2.75) is 0 Å². The first-order chi connectivity index (χ1) is 31.6. The highest BCUT2D eigenvalue weighted by molar-refractivity contribution is 6.35. The Hall–Kier alpha value is -7.33. The van der Waals surface area contributed by atoms with Crippen molar-refractivity contribution >= 4 is 97.9 Å². The number of aliphatic hydroxyl groups excluding tert-OH is 2. The largest absolute Gasteiger partial charge is 0.454 e. The molecule has 2 aromatic heterocycles. The number of hydrogen-bond acceptors (Lipinski definition) is 13. The Balaban J connectivity index is 1.20. The van der Waals surface area contributed by atoms with Crippen molar-refractivity contribution in [1.82, 2.24) is 19.9 Å². The van der Waals surface area contributed by atoms with E-state index < -0.39 is 11.3 Å². The summed E-state index contributed by atoms with van der Waals surface area (Å²) in [4.78, 5) is 61.6. The molecule has 1 aliphatic rings. The molecule has 0 bridgehead atoms. The van der Waals surface area contributed by atoms with Gasteiger partial charge < -0.3 is 40.8 Å². The van der Waals surface area contributed by atoms with E-state index in [2.05, 4.69) is 35.9 Å². The number of para-hydroxylation sites is 2. The van der Waals surface area contributed by atoms with Crippen LogP contribution in [-0.2, 0) is 0 Å². The number of nitrogens with zero attached hydrogens (tertiary/aromatic N) is 4. The molecule has 65 heavy (non-hydrogen) atoms. The number of carbonyl (C=O) groups is 2. The van der Waals surface area contributed by atoms with Crippen molar-refractivity contribution in [3.63, 3.8) is 0 Å². The van der Waals surface area contributed by atoms with Crippen LogP contribution in [-0.4, -0.2) is 68.0 Å². The molecule has 8 aromatic rings. The van der Waals surface area contributed by atoms with Gasteiger partial charge in [0.25, 0.3) is 5.56 Å². The first-order valence-corrected chi connectivity index (χ1v) is 21.3. The van der Waals surface area contributed by atoms with Crippen molar-refractivity contribution < 1.29 is 24.5 Å². The molecule has 0 unspecified atom stereocenters. The van der Waals surface area contributed by atoms with Crippen LogP contribution >= 0.6 is 34.8 Å². The average Bonchev–Trinajstić information content (AvgIpc) is 3.31. The molecule has 14 nitrogen and oxygen atoms in total. The summed E-state index contributed by atoms with van der Waals surface area (Å²) in [5, 5.41) is 30.5. The Labute approximate surface area is 385 Å². The van der Waals surface area contributed by atoms with Crippen molar-refractivity contribution in [2.75, 3.05) is 47.2 Å². The van der Waals surface area contributed by atoms with Gasteiger partial charge in [-0.15, -0.1) is 0 Å². The number of benzene rings is 6. The molecule has 0 saturated carbocycles. The third kappa shape index (κ3) is 8.56. The lowest BCUT2D eigenvalue weighted by Gasteiger charge is -2.26. The lowest BCUT2D eigenvalue weighted by molar-refractivity contribution is 0.102. The summed E-state index contributed by atoms with van der Waals surface area (Å²) < 4.78 is 6.45. The Morgan fingerprint density at radius 1 is 0.631 bits per heavy atom. The van der Waals surface area contributed by atoms with Gasteiger partial charge in [0.1, 0.15) is 5.75 Å². The van der Waals surface area contributed by atoms with Gasteiger partial charge in [-0.2, -0.15) is 15.0 Å². The Kier molecular flexibility index (Phi) is 12.2. The molecule has 0 radical (unpaired) electrons. The average molecular weight is 926 g/mol. The quantitative estimate of drug-likeness (QED) is 0.0533. The molecule has 6 aromatic carbocycles. The zero-order valence-electron chi connectivity index (χ0n) is 33.9. The van der Waals surface area contributed by atoms with E-state index >= 15 is 0 Å². The molecule has 9 rings (SSSR count). The second-order valence-electron chi connectivity index (χ2n) is 14.6. The number of H-pyrrole nitrogens is 1. The minimum atomic E-state index is -0.675. The number of pyridine rings is 1. The maximum absolute atomic E-state index is 14.8. The molecule has 1 aliphatic carbocycles. The highest BCUT2D eigenvalue weighted by Crippen LogP contribution is 2.48. The van der Waals surface area contributed by atoms with E-state index in [-0.39, 0.29) is 116 Å². The molecule has 0 aliphatic heterocycles. The van der Waals surface area contributed by atoms with Crippen LogP contribution in [0.4, 0.5) is 40.6 Å². The predicted octanol–water partition coefficient (Wildman–Crippen LogP) is 9.93. The fourth-order valence-corrected chi connectivity index (χ4v) is 8.11. The third-order valence-electron chi connectivity index (χ3n) is 10.5. The van der Waals surface area contributed by atoms with Crippen LogP contribution in [0.15, 0.2) is 132 Å². The lowest BCUT2D eigenvalue weighted by Crippen LogP contribution is -2.31. The number of rotatable bonds is 15. The number of anilines is 7. The van der Waals surface area contributed by atoms with E-state index in [9.17, 15) is 24.6 Å². The number of ether oxygens (including phenoxy) is 1. The summed E-state index contributed by atoms with van der Waals surface area (Å²) in [5.74, 6) is -0.149. The fourth-order valence-electron chi connectivity index (χ4n) is 7.59. The fraction of sp³-hybridized carbons (Fsp3) is 0.0833. The number of aromatic nitrogens is 4. The molecule has 6 N–H and O–H groups in total. The van der Waals surface area contributed by atoms with E-state index in [0.717, 1.165) is 0 Å². The molecule has 2 heterocycles. The Morgan fingerprint density at radius 3 is 2.00 bits per heavy atom. The number of aliphatic hydroxyl groups is 2. The number of aromatic amines is 1. The van der Waals surface area contributed by atoms with Crippen LogP contribution in [0.3, 0.4) is 0 Å². The molecule has 324 valence electrons. The van der Waals surface area contributed by atoms with Crippen LogP contribution in [0, 0.1) is 0 Å². The van der Waals surface area contributed by atoms with Gasteiger partial charge in [-0.3, -0.25) is 14.4 Å². The normalized spacial score (nSPS) is 11.6. The second kappa shape index (κ2) is 18.4. The van der Waals surface area contributed by atoms with Gasteiger partial charge in [0.05, 0.1) is 62.0 Å². The van der Waals surface area contributed by atoms with Crippen molar-refractivity contribution in [3.05, 3.63) is 175 Å². The van der Waals surface area contributed by atoms with Crippen LogP contribution in [0.25, 0.3) is 22.0 Å². The molecule has 0 spiro atoms. The SMILES string of the molecule is O=C(c1ccccc1)c1c2c3c(c(Nc4cc(Nc5nc(Nc6ccccc6Cl)nc(N(CCO)CCO)n5)ccc4Cl)cc(Oc4ccccc4Cl)c3[nH]c1=O)C(=O)c1ccccc1-2. The maximum Gasteiger partial charge on any atom is 0.260 e. The highest BCUT2D eigenvalue weighted by atomic mass is 35.5. The number of halogens is 3. The summed E-state index contributed by atoms with van der Waals surface area (Å²) in [7, 11) is 0. The lowest BCUT2D eigenvalue weighted by atomic mass is 9.80. The molecule has 0 fully saturated rings. The predicted molar refractivity (Wildman–Crippen MR) is 254 cm³/mol. The van der Waals surface area contributed by atoms with Gasteiger partial charge in [0, 0.05) is 46.9 Å². The standard InChI is InChI=1S/C48H35Cl3N8O6/c49-30-14-6-8-16-33(30)54-47-56-46(57-48(58-47)59(20-22-60)21-23-61)52-27-18-19-31(50)34(24-27)53-35-25-37(65-36-17-9-7-15-32(36)51)42-40-38(28-12-4-5-13-29(28)44(63)39(35)40)41(45(64)55-42)43(62)26-10-2-1-3-11-26/h1-19,24-25,53,60-61H,20-23H2,(H,55,64)(H2,52,54,56,57,58).